The van der Waals surface area contributed by atoms with Crippen LogP contribution in [0.3, 0.4) is 0 Å². The molecule has 3 heterocycles. The number of aromatic nitrogens is 3. The van der Waals surface area contributed by atoms with Gasteiger partial charge in [0.25, 0.3) is 5.91 Å². The number of rotatable bonds is 4. The summed E-state index contributed by atoms with van der Waals surface area (Å²) >= 11 is 0. The fourth-order valence-electron chi connectivity index (χ4n) is 3.85. The first kappa shape index (κ1) is 18.2. The molecule has 1 N–H and O–H groups in total. The van der Waals surface area contributed by atoms with Crippen LogP contribution in [0, 0.1) is 19.8 Å². The normalized spacial score (nSPS) is 16.6. The van der Waals surface area contributed by atoms with Crippen molar-refractivity contribution in [1.29, 1.82) is 0 Å². The van der Waals surface area contributed by atoms with Gasteiger partial charge in [-0.3, -0.25) is 4.79 Å². The second kappa shape index (κ2) is 7.07. The maximum atomic E-state index is 12.9. The maximum absolute atomic E-state index is 12.9. The average Bonchev–Trinajstić information content (AvgIpc) is 3.29. The molecule has 28 heavy (non-hydrogen) atoms. The number of carbonyl (C=O) groups excluding carboxylic acids is 1. The maximum Gasteiger partial charge on any atom is 0.335 e. The Morgan fingerprint density at radius 3 is 2.64 bits per heavy atom. The zero-order valence-electron chi connectivity index (χ0n) is 15.9. The van der Waals surface area contributed by atoms with Crippen LogP contribution < -0.4 is 0 Å². The van der Waals surface area contributed by atoms with Gasteiger partial charge in [0.15, 0.2) is 11.3 Å². The third-order valence-corrected chi connectivity index (χ3v) is 5.25. The zero-order chi connectivity index (χ0) is 19.8. The number of carboxylic acid groups (broad SMARTS) is 1. The highest BCUT2D eigenvalue weighted by Crippen LogP contribution is 2.23. The number of carbonyl (C=O) groups is 2. The molecular formula is C21H22N4O3. The Hall–Kier alpha value is -3.22. The Morgan fingerprint density at radius 1 is 1.18 bits per heavy atom. The van der Waals surface area contributed by atoms with Gasteiger partial charge in [0.2, 0.25) is 0 Å². The molecule has 7 nitrogen and oxygen atoms in total. The molecule has 1 amide bonds. The SMILES string of the molecule is Cc1cc(C)n2nc(C(=O)N3CC[C@H](Cc4ccc(C(=O)O)cc4)C3)cc2n1. The second-order valence-corrected chi connectivity index (χ2v) is 7.45. The van der Waals surface area contributed by atoms with E-state index in [2.05, 4.69) is 10.1 Å². The summed E-state index contributed by atoms with van der Waals surface area (Å²) in [5.41, 5.74) is 4.35. The van der Waals surface area contributed by atoms with Crippen LogP contribution in [0.15, 0.2) is 36.4 Å². The Labute approximate surface area is 162 Å². The van der Waals surface area contributed by atoms with Crippen molar-refractivity contribution in [2.75, 3.05) is 13.1 Å². The van der Waals surface area contributed by atoms with Crippen LogP contribution in [0.25, 0.3) is 5.65 Å². The fraction of sp³-hybridized carbons (Fsp3) is 0.333. The predicted molar refractivity (Wildman–Crippen MR) is 104 cm³/mol. The summed E-state index contributed by atoms with van der Waals surface area (Å²) < 4.78 is 1.71. The van der Waals surface area contributed by atoms with Gasteiger partial charge >= 0.3 is 5.97 Å². The molecule has 1 fully saturated rings. The summed E-state index contributed by atoms with van der Waals surface area (Å²) in [5, 5.41) is 13.4. The van der Waals surface area contributed by atoms with E-state index >= 15 is 0 Å². The molecule has 1 aliphatic heterocycles. The van der Waals surface area contributed by atoms with Crippen LogP contribution in [0.5, 0.6) is 0 Å². The van der Waals surface area contributed by atoms with Crippen molar-refractivity contribution < 1.29 is 14.7 Å². The number of fused-ring (bicyclic) bond motifs is 1. The van der Waals surface area contributed by atoms with Crippen LogP contribution in [0.4, 0.5) is 0 Å². The Bertz CT molecular complexity index is 1060. The third-order valence-electron chi connectivity index (χ3n) is 5.25. The topological polar surface area (TPSA) is 87.8 Å². The molecule has 3 aromatic rings. The molecule has 1 atom stereocenters. The first-order valence-electron chi connectivity index (χ1n) is 9.36. The van der Waals surface area contributed by atoms with E-state index in [4.69, 9.17) is 5.11 Å². The van der Waals surface area contributed by atoms with E-state index in [1.807, 2.05) is 36.9 Å². The lowest BCUT2D eigenvalue weighted by atomic mass is 9.98. The lowest BCUT2D eigenvalue weighted by molar-refractivity contribution is 0.0696. The van der Waals surface area contributed by atoms with E-state index in [0.29, 0.717) is 30.3 Å². The van der Waals surface area contributed by atoms with Gasteiger partial charge in [0.1, 0.15) is 0 Å². The predicted octanol–water partition coefficient (Wildman–Crippen LogP) is 2.75. The molecule has 0 unspecified atom stereocenters. The molecule has 1 aromatic carbocycles. The van der Waals surface area contributed by atoms with E-state index < -0.39 is 5.97 Å². The minimum Gasteiger partial charge on any atom is -0.478 e. The van der Waals surface area contributed by atoms with Crippen molar-refractivity contribution in [3.05, 3.63) is 64.6 Å². The number of hydrogen-bond acceptors (Lipinski definition) is 4. The largest absolute Gasteiger partial charge is 0.478 e. The summed E-state index contributed by atoms with van der Waals surface area (Å²) in [7, 11) is 0. The summed E-state index contributed by atoms with van der Waals surface area (Å²) in [6.45, 7) is 5.26. The molecule has 0 radical (unpaired) electrons. The van der Waals surface area contributed by atoms with E-state index in [1.54, 1.807) is 22.7 Å². The molecule has 1 aliphatic rings. The Morgan fingerprint density at radius 2 is 1.93 bits per heavy atom. The monoisotopic (exact) mass is 378 g/mol. The molecule has 0 aliphatic carbocycles. The van der Waals surface area contributed by atoms with Gasteiger partial charge in [-0.2, -0.15) is 5.10 Å². The molecule has 2 aromatic heterocycles. The number of benzene rings is 1. The zero-order valence-corrected chi connectivity index (χ0v) is 15.9. The van der Waals surface area contributed by atoms with E-state index in [1.165, 1.54) is 0 Å². The molecule has 4 rings (SSSR count). The smallest absolute Gasteiger partial charge is 0.335 e. The number of likely N-dealkylation sites (tertiary alicyclic amines) is 1. The van der Waals surface area contributed by atoms with E-state index in [0.717, 1.165) is 29.8 Å². The molecule has 0 spiro atoms. The first-order chi connectivity index (χ1) is 13.4. The van der Waals surface area contributed by atoms with Gasteiger partial charge in [-0.15, -0.1) is 0 Å². The standard InChI is InChI=1S/C21H22N4O3/c1-13-9-14(2)25-19(22-13)11-18(23-25)20(26)24-8-7-16(12-24)10-15-3-5-17(6-4-15)21(27)28/h3-6,9,11,16H,7-8,10,12H2,1-2H3,(H,27,28)/t16-/m1/s1. The lowest BCUT2D eigenvalue weighted by Gasteiger charge is -2.15. The van der Waals surface area contributed by atoms with Crippen molar-refractivity contribution in [2.45, 2.75) is 26.7 Å². The van der Waals surface area contributed by atoms with Crippen LogP contribution >= 0.6 is 0 Å². The number of hydrogen-bond donors (Lipinski definition) is 1. The molecule has 1 saturated heterocycles. The average molecular weight is 378 g/mol. The second-order valence-electron chi connectivity index (χ2n) is 7.45. The quantitative estimate of drug-likeness (QED) is 0.754. The number of aromatic carboxylic acids is 1. The number of aryl methyl sites for hydroxylation is 2. The number of carboxylic acids is 1. The van der Waals surface area contributed by atoms with Gasteiger partial charge in [-0.1, -0.05) is 12.1 Å². The molecule has 0 saturated carbocycles. The van der Waals surface area contributed by atoms with Crippen molar-refractivity contribution in [3.63, 3.8) is 0 Å². The minimum atomic E-state index is -0.920. The van der Waals surface area contributed by atoms with Crippen molar-refractivity contribution in [3.8, 4) is 0 Å². The Kier molecular flexibility index (Phi) is 4.58. The van der Waals surface area contributed by atoms with Crippen molar-refractivity contribution in [1.82, 2.24) is 19.5 Å². The van der Waals surface area contributed by atoms with E-state index in [-0.39, 0.29) is 11.5 Å². The van der Waals surface area contributed by atoms with Gasteiger partial charge in [-0.05, 0) is 56.4 Å². The number of nitrogens with zero attached hydrogens (tertiary/aromatic N) is 4. The number of amides is 1. The summed E-state index contributed by atoms with van der Waals surface area (Å²) in [6, 6.07) is 10.7. The van der Waals surface area contributed by atoms with Gasteiger partial charge in [0.05, 0.1) is 5.56 Å². The van der Waals surface area contributed by atoms with Crippen molar-refractivity contribution in [2.24, 2.45) is 5.92 Å². The van der Waals surface area contributed by atoms with Crippen LogP contribution in [-0.2, 0) is 6.42 Å². The molecule has 0 bridgehead atoms. The van der Waals surface area contributed by atoms with Gasteiger partial charge < -0.3 is 10.0 Å². The first-order valence-corrected chi connectivity index (χ1v) is 9.36. The third kappa shape index (κ3) is 3.47. The van der Waals surface area contributed by atoms with E-state index in [9.17, 15) is 9.59 Å². The minimum absolute atomic E-state index is 0.0636. The molecular weight excluding hydrogens is 356 g/mol. The Balaban J connectivity index is 1.44. The van der Waals surface area contributed by atoms with Crippen LogP contribution in [0.2, 0.25) is 0 Å². The summed E-state index contributed by atoms with van der Waals surface area (Å²) in [6.07, 6.45) is 1.75. The van der Waals surface area contributed by atoms with Crippen molar-refractivity contribution >= 4 is 17.5 Å². The molecule has 7 heteroatoms. The highest BCUT2D eigenvalue weighted by Gasteiger charge is 2.28. The van der Waals surface area contributed by atoms with Crippen LogP contribution in [0.1, 0.15) is 44.2 Å². The summed E-state index contributed by atoms with van der Waals surface area (Å²) in [4.78, 5) is 30.1. The lowest BCUT2D eigenvalue weighted by Crippen LogP contribution is -2.29. The van der Waals surface area contributed by atoms with Gasteiger partial charge in [-0.25, -0.2) is 14.3 Å². The van der Waals surface area contributed by atoms with Gasteiger partial charge in [0, 0.05) is 30.5 Å². The molecule has 144 valence electrons. The highest BCUT2D eigenvalue weighted by atomic mass is 16.4. The fourth-order valence-corrected chi connectivity index (χ4v) is 3.85. The summed E-state index contributed by atoms with van der Waals surface area (Å²) in [5.74, 6) is -0.624. The van der Waals surface area contributed by atoms with Crippen LogP contribution in [-0.4, -0.2) is 49.6 Å². The highest BCUT2D eigenvalue weighted by molar-refractivity contribution is 5.93.